The third-order valence-electron chi connectivity index (χ3n) is 3.50. The lowest BCUT2D eigenvalue weighted by Crippen LogP contribution is -2.32. The highest BCUT2D eigenvalue weighted by atomic mass is 16.5. The minimum atomic E-state index is 0.348. The summed E-state index contributed by atoms with van der Waals surface area (Å²) in [4.78, 5) is 2.12. The van der Waals surface area contributed by atoms with Crippen molar-refractivity contribution in [1.82, 2.24) is 4.90 Å². The first-order valence-corrected chi connectivity index (χ1v) is 7.39. The van der Waals surface area contributed by atoms with Gasteiger partial charge >= 0.3 is 0 Å². The maximum atomic E-state index is 5.76. The van der Waals surface area contributed by atoms with Crippen molar-refractivity contribution in [3.8, 4) is 5.75 Å². The Morgan fingerprint density at radius 3 is 3.00 bits per heavy atom. The van der Waals surface area contributed by atoms with Gasteiger partial charge in [0.1, 0.15) is 12.4 Å². The zero-order chi connectivity index (χ0) is 14.4. The highest BCUT2D eigenvalue weighted by molar-refractivity contribution is 5.48. The van der Waals surface area contributed by atoms with Crippen LogP contribution in [0, 0.1) is 0 Å². The molecule has 0 aliphatic carbocycles. The van der Waals surface area contributed by atoms with Gasteiger partial charge in [-0.1, -0.05) is 6.07 Å². The van der Waals surface area contributed by atoms with E-state index < -0.39 is 0 Å². The van der Waals surface area contributed by atoms with E-state index in [1.54, 1.807) is 0 Å². The Balaban J connectivity index is 1.85. The molecular weight excluding hydrogens is 252 g/mol. The molecule has 0 amide bonds. The summed E-state index contributed by atoms with van der Waals surface area (Å²) >= 11 is 0. The van der Waals surface area contributed by atoms with Crippen molar-refractivity contribution < 1.29 is 9.47 Å². The summed E-state index contributed by atoms with van der Waals surface area (Å²) < 4.78 is 11.3. The molecule has 1 aliphatic heterocycles. The molecule has 2 rings (SSSR count). The molecule has 2 atom stereocenters. The lowest BCUT2D eigenvalue weighted by molar-refractivity contribution is 0.0232. The van der Waals surface area contributed by atoms with Gasteiger partial charge in [-0.05, 0) is 46.0 Å². The molecule has 1 fully saturated rings. The molecule has 1 aliphatic rings. The summed E-state index contributed by atoms with van der Waals surface area (Å²) in [6, 6.07) is 8.72. The maximum absolute atomic E-state index is 5.76. The molecule has 20 heavy (non-hydrogen) atoms. The van der Waals surface area contributed by atoms with Crippen LogP contribution in [0.15, 0.2) is 24.3 Å². The van der Waals surface area contributed by atoms with Crippen LogP contribution >= 0.6 is 0 Å². The monoisotopic (exact) mass is 278 g/mol. The average molecular weight is 278 g/mol. The van der Waals surface area contributed by atoms with Crippen molar-refractivity contribution in [3.63, 3.8) is 0 Å². The molecule has 112 valence electrons. The Morgan fingerprint density at radius 2 is 2.25 bits per heavy atom. The third kappa shape index (κ3) is 5.02. The van der Waals surface area contributed by atoms with Crippen LogP contribution in [0.2, 0.25) is 0 Å². The largest absolute Gasteiger partial charge is 0.492 e. The van der Waals surface area contributed by atoms with Gasteiger partial charge in [0, 0.05) is 30.9 Å². The van der Waals surface area contributed by atoms with Crippen molar-refractivity contribution >= 4 is 5.69 Å². The lowest BCUT2D eigenvalue weighted by atomic mass is 10.0. The van der Waals surface area contributed by atoms with Crippen LogP contribution in [0.25, 0.3) is 0 Å². The summed E-state index contributed by atoms with van der Waals surface area (Å²) in [6.07, 6.45) is 2.47. The standard InChI is InChI=1S/C16H26N2O2/c1-13-11-15(7-9-19-13)17-14-5-4-6-16(12-14)20-10-8-18(2)3/h4-6,12-13,15,17H,7-11H2,1-3H3. The predicted molar refractivity (Wildman–Crippen MR) is 82.5 cm³/mol. The van der Waals surface area contributed by atoms with E-state index in [0.29, 0.717) is 18.8 Å². The normalized spacial score (nSPS) is 22.8. The Labute approximate surface area is 122 Å². The number of hydrogen-bond acceptors (Lipinski definition) is 4. The molecule has 0 spiro atoms. The number of ether oxygens (including phenoxy) is 2. The molecule has 1 saturated heterocycles. The summed E-state index contributed by atoms with van der Waals surface area (Å²) in [7, 11) is 4.10. The Bertz CT molecular complexity index is 409. The fourth-order valence-corrected chi connectivity index (χ4v) is 2.39. The molecule has 0 aromatic heterocycles. The second-order valence-electron chi connectivity index (χ2n) is 5.73. The number of anilines is 1. The predicted octanol–water partition coefficient (Wildman–Crippen LogP) is 2.61. The topological polar surface area (TPSA) is 33.7 Å². The van der Waals surface area contributed by atoms with Gasteiger partial charge in [-0.2, -0.15) is 0 Å². The van der Waals surface area contributed by atoms with E-state index >= 15 is 0 Å². The number of benzene rings is 1. The van der Waals surface area contributed by atoms with Crippen LogP contribution in [0.3, 0.4) is 0 Å². The van der Waals surface area contributed by atoms with Gasteiger partial charge in [0.15, 0.2) is 0 Å². The van der Waals surface area contributed by atoms with Gasteiger partial charge in [-0.3, -0.25) is 0 Å². The van der Waals surface area contributed by atoms with Gasteiger partial charge in [0.25, 0.3) is 0 Å². The minimum absolute atomic E-state index is 0.348. The van der Waals surface area contributed by atoms with Crippen molar-refractivity contribution in [2.75, 3.05) is 39.2 Å². The molecular formula is C16H26N2O2. The van der Waals surface area contributed by atoms with Gasteiger partial charge in [0.2, 0.25) is 0 Å². The van der Waals surface area contributed by atoms with Crippen molar-refractivity contribution in [2.24, 2.45) is 0 Å². The quantitative estimate of drug-likeness (QED) is 0.867. The van der Waals surface area contributed by atoms with E-state index in [1.165, 1.54) is 0 Å². The van der Waals surface area contributed by atoms with Crippen LogP contribution in [0.1, 0.15) is 19.8 Å². The van der Waals surface area contributed by atoms with Crippen molar-refractivity contribution in [1.29, 1.82) is 0 Å². The number of hydrogen-bond donors (Lipinski definition) is 1. The van der Waals surface area contributed by atoms with Crippen molar-refractivity contribution in [3.05, 3.63) is 24.3 Å². The van der Waals surface area contributed by atoms with E-state index in [9.17, 15) is 0 Å². The molecule has 2 unspecified atom stereocenters. The molecule has 0 bridgehead atoms. The first kappa shape index (κ1) is 15.1. The second kappa shape index (κ2) is 7.50. The van der Waals surface area contributed by atoms with Gasteiger partial charge in [-0.15, -0.1) is 0 Å². The van der Waals surface area contributed by atoms with Crippen LogP contribution in [-0.4, -0.2) is 50.9 Å². The Hall–Kier alpha value is -1.26. The summed E-state index contributed by atoms with van der Waals surface area (Å²) in [5.41, 5.74) is 1.13. The Morgan fingerprint density at radius 1 is 1.40 bits per heavy atom. The number of nitrogens with one attached hydrogen (secondary N) is 1. The third-order valence-corrected chi connectivity index (χ3v) is 3.50. The number of nitrogens with zero attached hydrogens (tertiary/aromatic N) is 1. The van der Waals surface area contributed by atoms with E-state index in [2.05, 4.69) is 29.3 Å². The molecule has 1 aromatic carbocycles. The average Bonchev–Trinajstić information content (AvgIpc) is 2.39. The van der Waals surface area contributed by atoms with Gasteiger partial charge in [0.05, 0.1) is 6.10 Å². The van der Waals surface area contributed by atoms with E-state index in [0.717, 1.165) is 37.4 Å². The van der Waals surface area contributed by atoms with E-state index in [4.69, 9.17) is 9.47 Å². The van der Waals surface area contributed by atoms with Crippen LogP contribution in [0.4, 0.5) is 5.69 Å². The Kier molecular flexibility index (Phi) is 5.68. The number of likely N-dealkylation sites (N-methyl/N-ethyl adjacent to an activating group) is 1. The first-order valence-electron chi connectivity index (χ1n) is 7.39. The molecule has 1 aromatic rings. The van der Waals surface area contributed by atoms with Crippen LogP contribution < -0.4 is 10.1 Å². The molecule has 0 saturated carbocycles. The zero-order valence-electron chi connectivity index (χ0n) is 12.8. The summed E-state index contributed by atoms with van der Waals surface area (Å²) in [5, 5.41) is 3.58. The van der Waals surface area contributed by atoms with Crippen LogP contribution in [-0.2, 0) is 4.74 Å². The fraction of sp³-hybridized carbons (Fsp3) is 0.625. The highest BCUT2D eigenvalue weighted by Crippen LogP contribution is 2.22. The maximum Gasteiger partial charge on any atom is 0.121 e. The molecule has 1 N–H and O–H groups in total. The van der Waals surface area contributed by atoms with Crippen molar-refractivity contribution in [2.45, 2.75) is 31.9 Å². The highest BCUT2D eigenvalue weighted by Gasteiger charge is 2.18. The molecule has 4 heteroatoms. The van der Waals surface area contributed by atoms with E-state index in [-0.39, 0.29) is 0 Å². The molecule has 0 radical (unpaired) electrons. The fourth-order valence-electron chi connectivity index (χ4n) is 2.39. The number of rotatable bonds is 6. The summed E-state index contributed by atoms with van der Waals surface area (Å²) in [6.45, 7) is 4.62. The minimum Gasteiger partial charge on any atom is -0.492 e. The molecule has 1 heterocycles. The van der Waals surface area contributed by atoms with E-state index in [1.807, 2.05) is 26.2 Å². The first-order chi connectivity index (χ1) is 9.63. The van der Waals surface area contributed by atoms with Crippen LogP contribution in [0.5, 0.6) is 5.75 Å². The SMILES string of the molecule is CC1CC(Nc2cccc(OCCN(C)C)c2)CCO1. The smallest absolute Gasteiger partial charge is 0.121 e. The second-order valence-corrected chi connectivity index (χ2v) is 5.73. The zero-order valence-corrected chi connectivity index (χ0v) is 12.8. The van der Waals surface area contributed by atoms with Gasteiger partial charge < -0.3 is 19.7 Å². The lowest BCUT2D eigenvalue weighted by Gasteiger charge is -2.28. The van der Waals surface area contributed by atoms with Gasteiger partial charge in [-0.25, -0.2) is 0 Å². The molecule has 4 nitrogen and oxygen atoms in total. The summed E-state index contributed by atoms with van der Waals surface area (Å²) in [5.74, 6) is 0.928.